The number of aromatic nitrogens is 2. The van der Waals surface area contributed by atoms with Crippen LogP contribution < -0.4 is 10.6 Å². The highest BCUT2D eigenvalue weighted by molar-refractivity contribution is 5.94. The number of fused-ring (bicyclic) bond motifs is 1. The van der Waals surface area contributed by atoms with Gasteiger partial charge in [-0.1, -0.05) is 23.8 Å². The number of carbonyl (C=O) groups is 1. The lowest BCUT2D eigenvalue weighted by atomic mass is 9.91. The van der Waals surface area contributed by atoms with Crippen LogP contribution in [0.3, 0.4) is 0 Å². The molecule has 1 fully saturated rings. The molecule has 1 aliphatic carbocycles. The topological polar surface area (TPSA) is 58.4 Å². The summed E-state index contributed by atoms with van der Waals surface area (Å²) in [6.45, 7) is 1.98. The number of pyridine rings is 1. The average Bonchev–Trinajstić information content (AvgIpc) is 3.16. The van der Waals surface area contributed by atoms with Crippen LogP contribution >= 0.6 is 0 Å². The zero-order chi connectivity index (χ0) is 21.3. The molecule has 1 amide bonds. The molecule has 0 bridgehead atoms. The maximum Gasteiger partial charge on any atom is 0.434 e. The predicted octanol–water partition coefficient (Wildman–Crippen LogP) is 4.81. The van der Waals surface area contributed by atoms with Crippen LogP contribution in [0.25, 0.3) is 5.65 Å². The lowest BCUT2D eigenvalue weighted by Crippen LogP contribution is -2.40. The van der Waals surface area contributed by atoms with Gasteiger partial charge in [0.1, 0.15) is 11.5 Å². The fourth-order valence-electron chi connectivity index (χ4n) is 3.83. The molecule has 0 radical (unpaired) electrons. The second-order valence-electron chi connectivity index (χ2n) is 7.80. The highest BCUT2D eigenvalue weighted by Gasteiger charge is 2.34. The van der Waals surface area contributed by atoms with Crippen LogP contribution in [-0.4, -0.2) is 27.4 Å². The number of benzene rings is 1. The van der Waals surface area contributed by atoms with Crippen molar-refractivity contribution in [1.82, 2.24) is 14.7 Å². The minimum absolute atomic E-state index is 0.0747. The Labute approximate surface area is 172 Å². The van der Waals surface area contributed by atoms with Gasteiger partial charge in [0.15, 0.2) is 5.69 Å². The Hall–Kier alpha value is -3.03. The Morgan fingerprint density at radius 2 is 1.70 bits per heavy atom. The van der Waals surface area contributed by atoms with Crippen molar-refractivity contribution in [3.8, 4) is 0 Å². The maximum atomic E-state index is 13.0. The third-order valence-corrected chi connectivity index (χ3v) is 5.51. The van der Waals surface area contributed by atoms with Gasteiger partial charge in [-0.15, -0.1) is 0 Å². The molecule has 4 rings (SSSR count). The molecule has 0 unspecified atom stereocenters. The molecule has 1 aliphatic rings. The van der Waals surface area contributed by atoms with E-state index >= 15 is 0 Å². The molecule has 1 saturated carbocycles. The number of aryl methyl sites for hydroxylation is 1. The number of carbonyl (C=O) groups excluding carboxylic acids is 1. The van der Waals surface area contributed by atoms with E-state index in [0.29, 0.717) is 11.4 Å². The number of hydrogen-bond donors (Lipinski definition) is 2. The van der Waals surface area contributed by atoms with Crippen molar-refractivity contribution in [3.63, 3.8) is 0 Å². The number of nitrogens with zero attached hydrogens (tertiary/aromatic N) is 2. The van der Waals surface area contributed by atoms with Gasteiger partial charge in [-0.3, -0.25) is 9.20 Å². The second-order valence-corrected chi connectivity index (χ2v) is 7.80. The van der Waals surface area contributed by atoms with Crippen LogP contribution in [0.4, 0.5) is 19.0 Å². The molecule has 0 saturated heterocycles. The van der Waals surface area contributed by atoms with Crippen molar-refractivity contribution in [1.29, 1.82) is 0 Å². The number of hydrogen-bond acceptors (Lipinski definition) is 3. The van der Waals surface area contributed by atoms with Gasteiger partial charge in [-0.25, -0.2) is 4.98 Å². The van der Waals surface area contributed by atoms with Crippen molar-refractivity contribution < 1.29 is 18.0 Å². The smallest absolute Gasteiger partial charge is 0.368 e. The summed E-state index contributed by atoms with van der Waals surface area (Å²) >= 11 is 0. The van der Waals surface area contributed by atoms with Crippen LogP contribution in [0.5, 0.6) is 0 Å². The third-order valence-electron chi connectivity index (χ3n) is 5.51. The quantitative estimate of drug-likeness (QED) is 0.642. The van der Waals surface area contributed by atoms with Crippen molar-refractivity contribution in [2.75, 3.05) is 5.32 Å². The molecule has 2 N–H and O–H groups in total. The summed E-state index contributed by atoms with van der Waals surface area (Å²) in [5, 5.41) is 6.43. The Balaban J connectivity index is 1.36. The number of alkyl halides is 3. The molecular formula is C22H23F3N4O. The first kappa shape index (κ1) is 20.3. The Bertz CT molecular complexity index is 1030. The summed E-state index contributed by atoms with van der Waals surface area (Å²) < 4.78 is 40.4. The summed E-state index contributed by atoms with van der Waals surface area (Å²) in [6.07, 6.45) is -0.208. The standard InChI is InChI=1S/C22H23F3N4O/c1-14-5-7-15(8-6-14)21(30)27-17-11-9-16(10-12-17)26-19-3-2-4-20-28-18(13-29(19)20)22(23,24)25/h2-8,13,16-17,26H,9-12H2,1H3,(H,27,30)/t16-,17+. The molecule has 158 valence electrons. The van der Waals surface area contributed by atoms with E-state index in [2.05, 4.69) is 15.6 Å². The lowest BCUT2D eigenvalue weighted by molar-refractivity contribution is -0.140. The molecule has 30 heavy (non-hydrogen) atoms. The summed E-state index contributed by atoms with van der Waals surface area (Å²) in [6, 6.07) is 12.7. The SMILES string of the molecule is Cc1ccc(C(=O)N[C@H]2CC[C@@H](Nc3cccc4nc(C(F)(F)F)cn34)CC2)cc1. The zero-order valence-corrected chi connectivity index (χ0v) is 16.5. The summed E-state index contributed by atoms with van der Waals surface area (Å²) in [5.41, 5.74) is 1.10. The molecule has 5 nitrogen and oxygen atoms in total. The summed E-state index contributed by atoms with van der Waals surface area (Å²) in [5.74, 6) is 0.511. The maximum absolute atomic E-state index is 13.0. The van der Waals surface area contributed by atoms with E-state index in [4.69, 9.17) is 0 Å². The Kier molecular flexibility index (Phi) is 5.40. The number of halogens is 3. The highest BCUT2D eigenvalue weighted by Crippen LogP contribution is 2.30. The van der Waals surface area contributed by atoms with Crippen LogP contribution in [0.15, 0.2) is 48.7 Å². The normalized spacial score (nSPS) is 19.6. The Morgan fingerprint density at radius 3 is 2.37 bits per heavy atom. The van der Waals surface area contributed by atoms with Gasteiger partial charge in [0.05, 0.1) is 0 Å². The molecule has 1 aromatic carbocycles. The van der Waals surface area contributed by atoms with Crippen LogP contribution in [0.1, 0.15) is 47.3 Å². The molecule has 2 heterocycles. The molecule has 2 aromatic heterocycles. The predicted molar refractivity (Wildman–Crippen MR) is 109 cm³/mol. The first-order valence-corrected chi connectivity index (χ1v) is 9.99. The van der Waals surface area contributed by atoms with E-state index in [9.17, 15) is 18.0 Å². The average molecular weight is 416 g/mol. The summed E-state index contributed by atoms with van der Waals surface area (Å²) in [4.78, 5) is 16.1. The highest BCUT2D eigenvalue weighted by atomic mass is 19.4. The zero-order valence-electron chi connectivity index (χ0n) is 16.5. The Morgan fingerprint density at radius 1 is 1.03 bits per heavy atom. The molecular weight excluding hydrogens is 393 g/mol. The van der Waals surface area contributed by atoms with Gasteiger partial charge in [-0.05, 0) is 56.9 Å². The van der Waals surface area contributed by atoms with E-state index in [1.165, 1.54) is 4.40 Å². The van der Waals surface area contributed by atoms with E-state index in [0.717, 1.165) is 37.4 Å². The molecule has 8 heteroatoms. The van der Waals surface area contributed by atoms with Crippen LogP contribution in [0.2, 0.25) is 0 Å². The van der Waals surface area contributed by atoms with Gasteiger partial charge < -0.3 is 10.6 Å². The number of rotatable bonds is 4. The van der Waals surface area contributed by atoms with E-state index in [-0.39, 0.29) is 23.6 Å². The van der Waals surface area contributed by atoms with Crippen LogP contribution in [-0.2, 0) is 6.18 Å². The third kappa shape index (κ3) is 4.42. The van der Waals surface area contributed by atoms with Gasteiger partial charge in [0.2, 0.25) is 0 Å². The van der Waals surface area contributed by atoms with Crippen molar-refractivity contribution in [2.45, 2.75) is 50.9 Å². The summed E-state index contributed by atoms with van der Waals surface area (Å²) in [7, 11) is 0. The van der Waals surface area contributed by atoms with Gasteiger partial charge in [0, 0.05) is 23.8 Å². The molecule has 0 spiro atoms. The van der Waals surface area contributed by atoms with Gasteiger partial charge >= 0.3 is 6.18 Å². The van der Waals surface area contributed by atoms with Crippen LogP contribution in [0, 0.1) is 6.92 Å². The first-order chi connectivity index (χ1) is 14.3. The van der Waals surface area contributed by atoms with Crippen molar-refractivity contribution >= 4 is 17.4 Å². The van der Waals surface area contributed by atoms with Crippen molar-refractivity contribution in [3.05, 3.63) is 65.5 Å². The largest absolute Gasteiger partial charge is 0.434 e. The lowest BCUT2D eigenvalue weighted by Gasteiger charge is -2.30. The monoisotopic (exact) mass is 416 g/mol. The molecule has 0 atom stereocenters. The fraction of sp³-hybridized carbons (Fsp3) is 0.364. The first-order valence-electron chi connectivity index (χ1n) is 9.99. The van der Waals surface area contributed by atoms with E-state index in [1.807, 2.05) is 31.2 Å². The number of imidazole rings is 1. The fourth-order valence-corrected chi connectivity index (χ4v) is 3.83. The van der Waals surface area contributed by atoms with E-state index in [1.54, 1.807) is 18.2 Å². The minimum Gasteiger partial charge on any atom is -0.368 e. The van der Waals surface area contributed by atoms with E-state index < -0.39 is 11.9 Å². The number of nitrogens with one attached hydrogen (secondary N) is 2. The van der Waals surface area contributed by atoms with Gasteiger partial charge in [-0.2, -0.15) is 13.2 Å². The second kappa shape index (κ2) is 8.01. The van der Waals surface area contributed by atoms with Gasteiger partial charge in [0.25, 0.3) is 5.91 Å². The molecule has 0 aliphatic heterocycles. The van der Waals surface area contributed by atoms with Crippen molar-refractivity contribution in [2.24, 2.45) is 0 Å². The molecule has 3 aromatic rings. The minimum atomic E-state index is -4.48. The number of amides is 1. The number of anilines is 1.